The smallest absolute Gasteiger partial charge is 0.270 e. The number of hydrogen-bond donors (Lipinski definition) is 1. The minimum absolute atomic E-state index is 0.184. The number of methoxy groups -OCH3 is 1. The summed E-state index contributed by atoms with van der Waals surface area (Å²) in [7, 11) is 1.64. The van der Waals surface area contributed by atoms with Crippen LogP contribution in [0.2, 0.25) is 0 Å². The van der Waals surface area contributed by atoms with Crippen molar-refractivity contribution in [3.63, 3.8) is 0 Å². The number of benzene rings is 1. The van der Waals surface area contributed by atoms with Gasteiger partial charge in [0.15, 0.2) is 0 Å². The maximum atomic E-state index is 11.7. The molecule has 1 heterocycles. The van der Waals surface area contributed by atoms with Crippen LogP contribution in [0.3, 0.4) is 0 Å². The van der Waals surface area contributed by atoms with E-state index in [0.717, 1.165) is 17.7 Å². The summed E-state index contributed by atoms with van der Waals surface area (Å²) >= 11 is 0. The van der Waals surface area contributed by atoms with Gasteiger partial charge < -0.3 is 10.1 Å². The first-order chi connectivity index (χ1) is 9.29. The van der Waals surface area contributed by atoms with Crippen LogP contribution in [0.25, 0.3) is 0 Å². The van der Waals surface area contributed by atoms with E-state index in [1.807, 2.05) is 24.3 Å². The number of nitrogens with zero attached hydrogens (tertiary/aromatic N) is 2. The predicted molar refractivity (Wildman–Crippen MR) is 71.1 cm³/mol. The van der Waals surface area contributed by atoms with Crippen LogP contribution in [0, 0.1) is 0 Å². The van der Waals surface area contributed by atoms with Crippen molar-refractivity contribution in [2.24, 2.45) is 0 Å². The van der Waals surface area contributed by atoms with Gasteiger partial charge in [0, 0.05) is 12.7 Å². The lowest BCUT2D eigenvalue weighted by Crippen LogP contribution is -2.26. The SMILES string of the molecule is COc1ccc(CCNC(=O)c2ccncn2)cc1. The van der Waals surface area contributed by atoms with Gasteiger partial charge in [-0.25, -0.2) is 9.97 Å². The van der Waals surface area contributed by atoms with Crippen LogP contribution in [0.15, 0.2) is 42.9 Å². The van der Waals surface area contributed by atoms with Gasteiger partial charge in [0.1, 0.15) is 17.8 Å². The molecule has 0 radical (unpaired) electrons. The molecule has 5 nitrogen and oxygen atoms in total. The van der Waals surface area contributed by atoms with E-state index in [1.54, 1.807) is 19.4 Å². The number of ether oxygens (including phenoxy) is 1. The molecule has 0 aliphatic rings. The van der Waals surface area contributed by atoms with Crippen molar-refractivity contribution in [1.29, 1.82) is 0 Å². The van der Waals surface area contributed by atoms with Crippen molar-refractivity contribution in [2.75, 3.05) is 13.7 Å². The molecule has 0 saturated carbocycles. The third-order valence-corrected chi connectivity index (χ3v) is 2.67. The minimum Gasteiger partial charge on any atom is -0.497 e. The molecule has 1 N–H and O–H groups in total. The maximum Gasteiger partial charge on any atom is 0.270 e. The summed E-state index contributed by atoms with van der Waals surface area (Å²) in [5, 5.41) is 2.82. The Morgan fingerprint density at radius 2 is 2.05 bits per heavy atom. The number of carbonyl (C=O) groups excluding carboxylic acids is 1. The van der Waals surface area contributed by atoms with Gasteiger partial charge >= 0.3 is 0 Å². The van der Waals surface area contributed by atoms with Gasteiger partial charge in [0.2, 0.25) is 0 Å². The summed E-state index contributed by atoms with van der Waals surface area (Å²) in [6, 6.07) is 9.36. The van der Waals surface area contributed by atoms with E-state index in [4.69, 9.17) is 4.74 Å². The van der Waals surface area contributed by atoms with E-state index < -0.39 is 0 Å². The van der Waals surface area contributed by atoms with Crippen molar-refractivity contribution in [2.45, 2.75) is 6.42 Å². The standard InChI is InChI=1S/C14H15N3O2/c1-19-12-4-2-11(3-5-12)6-9-16-14(18)13-7-8-15-10-17-13/h2-5,7-8,10H,6,9H2,1H3,(H,16,18). The second-order valence-electron chi connectivity index (χ2n) is 3.95. The molecule has 0 unspecified atom stereocenters. The topological polar surface area (TPSA) is 64.1 Å². The van der Waals surface area contributed by atoms with Crippen LogP contribution in [0.4, 0.5) is 0 Å². The highest BCUT2D eigenvalue weighted by Crippen LogP contribution is 2.11. The zero-order chi connectivity index (χ0) is 13.5. The molecule has 0 fully saturated rings. The van der Waals surface area contributed by atoms with Gasteiger partial charge in [0.25, 0.3) is 5.91 Å². The molecule has 1 amide bonds. The molecular formula is C14H15N3O2. The summed E-state index contributed by atoms with van der Waals surface area (Å²) in [5.74, 6) is 0.643. The lowest BCUT2D eigenvalue weighted by atomic mass is 10.1. The Labute approximate surface area is 111 Å². The second-order valence-corrected chi connectivity index (χ2v) is 3.95. The fourth-order valence-electron chi connectivity index (χ4n) is 1.63. The zero-order valence-corrected chi connectivity index (χ0v) is 10.7. The fourth-order valence-corrected chi connectivity index (χ4v) is 1.63. The molecule has 5 heteroatoms. The largest absolute Gasteiger partial charge is 0.497 e. The number of nitrogens with one attached hydrogen (secondary N) is 1. The summed E-state index contributed by atoms with van der Waals surface area (Å²) in [4.78, 5) is 19.4. The van der Waals surface area contributed by atoms with Gasteiger partial charge in [-0.05, 0) is 30.2 Å². The fraction of sp³-hybridized carbons (Fsp3) is 0.214. The normalized spacial score (nSPS) is 9.95. The van der Waals surface area contributed by atoms with Crippen molar-refractivity contribution >= 4 is 5.91 Å². The second kappa shape index (κ2) is 6.49. The Kier molecular flexibility index (Phi) is 4.44. The van der Waals surface area contributed by atoms with Crippen LogP contribution in [0.1, 0.15) is 16.1 Å². The number of carbonyl (C=O) groups is 1. The van der Waals surface area contributed by atoms with E-state index in [-0.39, 0.29) is 5.91 Å². The van der Waals surface area contributed by atoms with Crippen molar-refractivity contribution in [3.05, 3.63) is 54.1 Å². The van der Waals surface area contributed by atoms with Crippen LogP contribution in [-0.4, -0.2) is 29.5 Å². The average Bonchev–Trinajstić information content (AvgIpc) is 2.49. The van der Waals surface area contributed by atoms with Gasteiger partial charge in [-0.15, -0.1) is 0 Å². The predicted octanol–water partition coefficient (Wildman–Crippen LogP) is 1.46. The van der Waals surface area contributed by atoms with Gasteiger partial charge in [-0.3, -0.25) is 4.79 Å². The lowest BCUT2D eigenvalue weighted by molar-refractivity contribution is 0.0949. The molecule has 19 heavy (non-hydrogen) atoms. The first-order valence-corrected chi connectivity index (χ1v) is 5.97. The molecule has 2 aromatic rings. The number of aromatic nitrogens is 2. The monoisotopic (exact) mass is 257 g/mol. The number of rotatable bonds is 5. The van der Waals surface area contributed by atoms with Crippen LogP contribution in [-0.2, 0) is 6.42 Å². The van der Waals surface area contributed by atoms with Gasteiger partial charge in [-0.2, -0.15) is 0 Å². The van der Waals surface area contributed by atoms with Crippen molar-refractivity contribution in [3.8, 4) is 5.75 Å². The molecule has 0 saturated heterocycles. The van der Waals surface area contributed by atoms with Crippen LogP contribution in [0.5, 0.6) is 5.75 Å². The highest BCUT2D eigenvalue weighted by molar-refractivity contribution is 5.91. The molecule has 0 aliphatic heterocycles. The Bertz CT molecular complexity index is 526. The van der Waals surface area contributed by atoms with Crippen molar-refractivity contribution in [1.82, 2.24) is 15.3 Å². The molecule has 2 rings (SSSR count). The third-order valence-electron chi connectivity index (χ3n) is 2.67. The van der Waals surface area contributed by atoms with Gasteiger partial charge in [-0.1, -0.05) is 12.1 Å². The molecule has 98 valence electrons. The summed E-state index contributed by atoms with van der Waals surface area (Å²) in [5.41, 5.74) is 1.52. The van der Waals surface area contributed by atoms with E-state index in [1.165, 1.54) is 6.33 Å². The average molecular weight is 257 g/mol. The van der Waals surface area contributed by atoms with E-state index in [9.17, 15) is 4.79 Å². The molecule has 0 spiro atoms. The summed E-state index contributed by atoms with van der Waals surface area (Å²) in [6.45, 7) is 0.565. The zero-order valence-electron chi connectivity index (χ0n) is 10.7. The van der Waals surface area contributed by atoms with Gasteiger partial charge in [0.05, 0.1) is 7.11 Å². The Balaban J connectivity index is 1.81. The number of amides is 1. The first kappa shape index (κ1) is 13.0. The van der Waals surface area contributed by atoms with E-state index in [0.29, 0.717) is 12.2 Å². The third kappa shape index (κ3) is 3.77. The van der Waals surface area contributed by atoms with Crippen LogP contribution >= 0.6 is 0 Å². The molecule has 1 aromatic heterocycles. The number of hydrogen-bond acceptors (Lipinski definition) is 4. The maximum absolute atomic E-state index is 11.7. The Morgan fingerprint density at radius 3 is 2.68 bits per heavy atom. The molecule has 0 atom stereocenters. The van der Waals surface area contributed by atoms with E-state index >= 15 is 0 Å². The van der Waals surface area contributed by atoms with E-state index in [2.05, 4.69) is 15.3 Å². The Morgan fingerprint density at radius 1 is 1.26 bits per heavy atom. The van der Waals surface area contributed by atoms with Crippen LogP contribution < -0.4 is 10.1 Å². The molecule has 0 bridgehead atoms. The highest BCUT2D eigenvalue weighted by Gasteiger charge is 2.05. The summed E-state index contributed by atoms with van der Waals surface area (Å²) in [6.07, 6.45) is 3.67. The lowest BCUT2D eigenvalue weighted by Gasteiger charge is -2.05. The molecular weight excluding hydrogens is 242 g/mol. The molecule has 1 aromatic carbocycles. The minimum atomic E-state index is -0.184. The molecule has 0 aliphatic carbocycles. The highest BCUT2D eigenvalue weighted by atomic mass is 16.5. The Hall–Kier alpha value is -2.43. The first-order valence-electron chi connectivity index (χ1n) is 5.97. The summed E-state index contributed by atoms with van der Waals surface area (Å²) < 4.78 is 5.09. The quantitative estimate of drug-likeness (QED) is 0.880. The van der Waals surface area contributed by atoms with Crippen molar-refractivity contribution < 1.29 is 9.53 Å².